The SMILES string of the molecule is Cc1ccccc1-c1cc[c]([Ge]([CH3])[CH3])c[n+]1C. The first-order chi connectivity index (χ1) is 8.09. The Hall–Kier alpha value is -1.09. The van der Waals surface area contributed by atoms with Crippen LogP contribution in [-0.2, 0) is 7.05 Å². The van der Waals surface area contributed by atoms with E-state index in [9.17, 15) is 0 Å². The predicted molar refractivity (Wildman–Crippen MR) is 74.9 cm³/mol. The van der Waals surface area contributed by atoms with Crippen LogP contribution in [0.1, 0.15) is 5.56 Å². The molecule has 2 heteroatoms. The molecule has 1 radical (unpaired) electrons. The van der Waals surface area contributed by atoms with Gasteiger partial charge >= 0.3 is 108 Å². The van der Waals surface area contributed by atoms with E-state index in [0.717, 1.165) is 0 Å². The van der Waals surface area contributed by atoms with Crippen LogP contribution in [0.25, 0.3) is 11.3 Å². The van der Waals surface area contributed by atoms with Crippen molar-refractivity contribution in [1.29, 1.82) is 0 Å². The Morgan fingerprint density at radius 1 is 1.00 bits per heavy atom. The molecule has 0 aliphatic rings. The van der Waals surface area contributed by atoms with Gasteiger partial charge in [-0.1, -0.05) is 0 Å². The van der Waals surface area contributed by atoms with E-state index in [2.05, 4.69) is 72.6 Å². The molecular formula is C15H19GeN+. The van der Waals surface area contributed by atoms with E-state index < -0.39 is 14.3 Å². The average molecular weight is 286 g/mol. The summed E-state index contributed by atoms with van der Waals surface area (Å²) in [7, 11) is 2.15. The van der Waals surface area contributed by atoms with Crippen molar-refractivity contribution in [3.05, 3.63) is 48.2 Å². The summed E-state index contributed by atoms with van der Waals surface area (Å²) in [5.74, 6) is 4.78. The molecule has 0 N–H and O–H groups in total. The Bertz CT molecular complexity index is 532. The summed E-state index contributed by atoms with van der Waals surface area (Å²) in [5.41, 5.74) is 3.96. The maximum atomic E-state index is 2.39. The molecule has 0 aliphatic heterocycles. The van der Waals surface area contributed by atoms with E-state index in [4.69, 9.17) is 0 Å². The molecule has 0 saturated heterocycles. The number of hydrogen-bond donors (Lipinski definition) is 0. The second-order valence-corrected chi connectivity index (χ2v) is 10.1. The molecule has 87 valence electrons. The van der Waals surface area contributed by atoms with Crippen molar-refractivity contribution in [2.24, 2.45) is 7.05 Å². The molecule has 1 aromatic heterocycles. The average Bonchev–Trinajstić information content (AvgIpc) is 2.30. The molecule has 0 amide bonds. The molecule has 1 nitrogen and oxygen atoms in total. The fourth-order valence-corrected chi connectivity index (χ4v) is 3.87. The minimum absolute atomic E-state index is 0.961. The third-order valence-corrected chi connectivity index (χ3v) is 6.18. The quantitative estimate of drug-likeness (QED) is 0.589. The third-order valence-electron chi connectivity index (χ3n) is 3.13. The van der Waals surface area contributed by atoms with Crippen molar-refractivity contribution in [1.82, 2.24) is 0 Å². The first kappa shape index (κ1) is 12.4. The molecule has 17 heavy (non-hydrogen) atoms. The maximum absolute atomic E-state index is 2.39. The second kappa shape index (κ2) is 5.05. The van der Waals surface area contributed by atoms with Gasteiger partial charge in [0.1, 0.15) is 0 Å². The monoisotopic (exact) mass is 287 g/mol. The molecular weight excluding hydrogens is 267 g/mol. The summed E-state index contributed by atoms with van der Waals surface area (Å²) in [6.45, 7) is 2.17. The van der Waals surface area contributed by atoms with Crippen LogP contribution in [0.4, 0.5) is 0 Å². The molecule has 2 aromatic rings. The van der Waals surface area contributed by atoms with Crippen LogP contribution in [0.5, 0.6) is 0 Å². The van der Waals surface area contributed by atoms with Crippen LogP contribution in [0.2, 0.25) is 11.5 Å². The molecule has 2 rings (SSSR count). The van der Waals surface area contributed by atoms with E-state index in [-0.39, 0.29) is 0 Å². The van der Waals surface area contributed by atoms with E-state index in [1.165, 1.54) is 16.8 Å². The first-order valence-electron chi connectivity index (χ1n) is 5.96. The molecule has 0 atom stereocenters. The number of benzene rings is 1. The van der Waals surface area contributed by atoms with Gasteiger partial charge in [0.2, 0.25) is 0 Å². The fourth-order valence-electron chi connectivity index (χ4n) is 2.04. The summed E-state index contributed by atoms with van der Waals surface area (Å²) in [6.07, 6.45) is 2.30. The zero-order valence-corrected chi connectivity index (χ0v) is 13.1. The van der Waals surface area contributed by atoms with E-state index in [1.807, 2.05) is 0 Å². The van der Waals surface area contributed by atoms with Gasteiger partial charge in [-0.2, -0.15) is 0 Å². The number of hydrogen-bond acceptors (Lipinski definition) is 0. The van der Waals surface area contributed by atoms with Gasteiger partial charge in [0.15, 0.2) is 0 Å². The van der Waals surface area contributed by atoms with Crippen LogP contribution in [0.15, 0.2) is 42.6 Å². The number of nitrogens with zero attached hydrogens (tertiary/aromatic N) is 1. The van der Waals surface area contributed by atoms with Crippen LogP contribution in [0.3, 0.4) is 0 Å². The van der Waals surface area contributed by atoms with Crippen molar-refractivity contribution < 1.29 is 4.57 Å². The van der Waals surface area contributed by atoms with Crippen molar-refractivity contribution in [2.45, 2.75) is 18.4 Å². The molecule has 0 unspecified atom stereocenters. The van der Waals surface area contributed by atoms with Crippen LogP contribution in [-0.4, -0.2) is 14.3 Å². The predicted octanol–water partition coefficient (Wildman–Crippen LogP) is 2.45. The Morgan fingerprint density at radius 3 is 2.29 bits per heavy atom. The molecule has 0 bridgehead atoms. The van der Waals surface area contributed by atoms with Gasteiger partial charge in [-0.25, -0.2) is 0 Å². The van der Waals surface area contributed by atoms with Crippen molar-refractivity contribution in [2.75, 3.05) is 0 Å². The van der Waals surface area contributed by atoms with Gasteiger partial charge in [0.25, 0.3) is 0 Å². The van der Waals surface area contributed by atoms with Crippen LogP contribution >= 0.6 is 0 Å². The fraction of sp³-hybridized carbons (Fsp3) is 0.267. The third kappa shape index (κ3) is 2.60. The molecule has 0 saturated carbocycles. The van der Waals surface area contributed by atoms with Crippen molar-refractivity contribution in [3.63, 3.8) is 0 Å². The number of aromatic nitrogens is 1. The normalized spacial score (nSPS) is 10.9. The van der Waals surface area contributed by atoms with Gasteiger partial charge in [-0.15, -0.1) is 0 Å². The molecule has 0 aliphatic carbocycles. The molecule has 1 aromatic carbocycles. The summed E-state index contributed by atoms with van der Waals surface area (Å²) in [4.78, 5) is 0. The van der Waals surface area contributed by atoms with Crippen molar-refractivity contribution in [3.8, 4) is 11.3 Å². The Balaban J connectivity index is 2.51. The summed E-state index contributed by atoms with van der Waals surface area (Å²) in [6, 6.07) is 13.1. The van der Waals surface area contributed by atoms with Gasteiger partial charge in [0.05, 0.1) is 0 Å². The van der Waals surface area contributed by atoms with Gasteiger partial charge in [-0.3, -0.25) is 0 Å². The zero-order valence-electron chi connectivity index (χ0n) is 11.0. The Kier molecular flexibility index (Phi) is 3.67. The topological polar surface area (TPSA) is 3.88 Å². The number of pyridine rings is 1. The van der Waals surface area contributed by atoms with E-state index in [1.54, 1.807) is 4.40 Å². The summed E-state index contributed by atoms with van der Waals surface area (Å²) >= 11 is -0.961. The first-order valence-corrected chi connectivity index (χ1v) is 11.2. The summed E-state index contributed by atoms with van der Waals surface area (Å²) < 4.78 is 3.81. The van der Waals surface area contributed by atoms with Crippen LogP contribution in [0, 0.1) is 6.92 Å². The van der Waals surface area contributed by atoms with E-state index >= 15 is 0 Å². The zero-order chi connectivity index (χ0) is 12.4. The standard InChI is InChI=1S/C15H19GeN/c1-12-7-5-6-8-14(12)15-10-9-13(16(2)3)11-17(15)4/h5-11H,1-4H3/q+1. The Labute approximate surface area is 108 Å². The molecule has 1 heterocycles. The number of rotatable bonds is 2. The van der Waals surface area contributed by atoms with Crippen molar-refractivity contribution >= 4 is 18.7 Å². The van der Waals surface area contributed by atoms with E-state index in [0.29, 0.717) is 0 Å². The number of aryl methyl sites for hydroxylation is 2. The summed E-state index contributed by atoms with van der Waals surface area (Å²) in [5, 5.41) is 0. The minimum atomic E-state index is -0.961. The molecule has 0 spiro atoms. The van der Waals surface area contributed by atoms with Crippen LogP contribution < -0.4 is 8.96 Å². The molecule has 0 fully saturated rings. The van der Waals surface area contributed by atoms with Gasteiger partial charge in [-0.05, 0) is 0 Å². The van der Waals surface area contributed by atoms with Gasteiger partial charge < -0.3 is 0 Å². The second-order valence-electron chi connectivity index (χ2n) is 4.73. The van der Waals surface area contributed by atoms with Gasteiger partial charge in [0, 0.05) is 0 Å². The Morgan fingerprint density at radius 2 is 1.71 bits per heavy atom.